The molecule has 130 valence electrons. The van der Waals surface area contributed by atoms with Crippen LogP contribution in [0.2, 0.25) is 10.0 Å². The molecule has 0 aliphatic rings. The van der Waals surface area contributed by atoms with E-state index in [1.54, 1.807) is 6.07 Å². The summed E-state index contributed by atoms with van der Waals surface area (Å²) in [5.41, 5.74) is 4.33. The molecule has 25 heavy (non-hydrogen) atoms. The lowest BCUT2D eigenvalue weighted by molar-refractivity contribution is 0.296. The van der Waals surface area contributed by atoms with Crippen molar-refractivity contribution in [1.29, 1.82) is 0 Å². The molecule has 0 bridgehead atoms. The molecule has 0 radical (unpaired) electrons. The summed E-state index contributed by atoms with van der Waals surface area (Å²) in [6.45, 7) is 7.42. The Balaban J connectivity index is 1.85. The van der Waals surface area contributed by atoms with E-state index in [4.69, 9.17) is 23.2 Å². The quantitative estimate of drug-likeness (QED) is 0.583. The molecule has 5 heteroatoms. The van der Waals surface area contributed by atoms with E-state index >= 15 is 0 Å². The molecule has 0 saturated heterocycles. The number of benzene rings is 2. The summed E-state index contributed by atoms with van der Waals surface area (Å²) < 4.78 is 0. The Morgan fingerprint density at radius 3 is 2.48 bits per heavy atom. The second-order valence-electron chi connectivity index (χ2n) is 5.94. The zero-order valence-electron chi connectivity index (χ0n) is 14.4. The summed E-state index contributed by atoms with van der Waals surface area (Å²) in [6, 6.07) is 14.1. The molecule has 0 unspecified atom stereocenters. The molecule has 0 spiro atoms. The lowest BCUT2D eigenvalue weighted by Gasteiger charge is -2.18. The highest BCUT2D eigenvalue weighted by Crippen LogP contribution is 2.28. The third-order valence-electron chi connectivity index (χ3n) is 4.31. The summed E-state index contributed by atoms with van der Waals surface area (Å²) >= 11 is 12.1. The predicted octanol–water partition coefficient (Wildman–Crippen LogP) is 5.89. The van der Waals surface area contributed by atoms with Crippen LogP contribution in [0.1, 0.15) is 19.4 Å². The first-order valence-corrected chi connectivity index (χ1v) is 9.18. The Morgan fingerprint density at radius 1 is 0.960 bits per heavy atom. The van der Waals surface area contributed by atoms with E-state index < -0.39 is 0 Å². The Labute approximate surface area is 158 Å². The fourth-order valence-corrected chi connectivity index (χ4v) is 3.10. The maximum atomic E-state index is 6.11. The van der Waals surface area contributed by atoms with Crippen LogP contribution in [0.4, 0.5) is 0 Å². The normalized spacial score (nSPS) is 11.2. The van der Waals surface area contributed by atoms with Crippen LogP contribution in [-0.4, -0.2) is 28.0 Å². The van der Waals surface area contributed by atoms with E-state index in [1.165, 1.54) is 5.56 Å². The molecule has 3 nitrogen and oxygen atoms in total. The van der Waals surface area contributed by atoms with Crippen molar-refractivity contribution < 1.29 is 0 Å². The van der Waals surface area contributed by atoms with Gasteiger partial charge >= 0.3 is 0 Å². The number of nitrogens with one attached hydrogen (secondary N) is 1. The molecule has 1 aromatic heterocycles. The molecule has 3 aromatic rings. The first-order chi connectivity index (χ1) is 12.1. The van der Waals surface area contributed by atoms with E-state index in [9.17, 15) is 0 Å². The highest BCUT2D eigenvalue weighted by molar-refractivity contribution is 6.42. The third kappa shape index (κ3) is 4.24. The van der Waals surface area contributed by atoms with Gasteiger partial charge in [0.25, 0.3) is 0 Å². The topological polar surface area (TPSA) is 31.9 Å². The molecule has 0 fully saturated rings. The molecule has 0 aliphatic carbocycles. The number of hydrogen-bond donors (Lipinski definition) is 1. The van der Waals surface area contributed by atoms with E-state index in [2.05, 4.69) is 53.0 Å². The van der Waals surface area contributed by atoms with Crippen LogP contribution in [0.25, 0.3) is 22.6 Å². The molecule has 3 rings (SSSR count). The van der Waals surface area contributed by atoms with E-state index in [0.29, 0.717) is 10.0 Å². The van der Waals surface area contributed by atoms with Gasteiger partial charge in [-0.05, 0) is 48.5 Å². The van der Waals surface area contributed by atoms with E-state index in [1.807, 2.05) is 18.3 Å². The van der Waals surface area contributed by atoms with Gasteiger partial charge < -0.3 is 4.98 Å². The Hall–Kier alpha value is -1.81. The van der Waals surface area contributed by atoms with Gasteiger partial charge in [-0.2, -0.15) is 0 Å². The van der Waals surface area contributed by atoms with Crippen molar-refractivity contribution >= 4 is 23.2 Å². The van der Waals surface area contributed by atoms with Gasteiger partial charge in [0, 0.05) is 12.1 Å². The van der Waals surface area contributed by atoms with Gasteiger partial charge in [0.15, 0.2) is 0 Å². The first-order valence-electron chi connectivity index (χ1n) is 8.42. The standard InChI is InChI=1S/C20H21Cl2N3/c1-3-25(4-2)13-14-6-5-7-15(10-14)19-12-23-20(24-19)16-8-9-17(21)18(22)11-16/h5-12H,3-4,13H2,1-2H3,(H,23,24). The van der Waals surface area contributed by atoms with Crippen LogP contribution < -0.4 is 0 Å². The Morgan fingerprint density at radius 2 is 1.76 bits per heavy atom. The molecule has 0 atom stereocenters. The predicted molar refractivity (Wildman–Crippen MR) is 106 cm³/mol. The van der Waals surface area contributed by atoms with Crippen molar-refractivity contribution in [2.45, 2.75) is 20.4 Å². The van der Waals surface area contributed by atoms with Crippen molar-refractivity contribution in [1.82, 2.24) is 14.9 Å². The summed E-state index contributed by atoms with van der Waals surface area (Å²) in [7, 11) is 0. The van der Waals surface area contributed by atoms with Crippen molar-refractivity contribution in [2.24, 2.45) is 0 Å². The molecule has 1 N–H and O–H groups in total. The largest absolute Gasteiger partial charge is 0.338 e. The van der Waals surface area contributed by atoms with Crippen molar-refractivity contribution in [3.63, 3.8) is 0 Å². The van der Waals surface area contributed by atoms with Gasteiger partial charge in [-0.3, -0.25) is 4.90 Å². The highest BCUT2D eigenvalue weighted by atomic mass is 35.5. The smallest absolute Gasteiger partial charge is 0.137 e. The van der Waals surface area contributed by atoms with Crippen LogP contribution in [0.3, 0.4) is 0 Å². The van der Waals surface area contributed by atoms with Crippen LogP contribution in [-0.2, 0) is 6.54 Å². The van der Waals surface area contributed by atoms with Crippen LogP contribution in [0, 0.1) is 0 Å². The monoisotopic (exact) mass is 373 g/mol. The lowest BCUT2D eigenvalue weighted by Crippen LogP contribution is -2.22. The fourth-order valence-electron chi connectivity index (χ4n) is 2.80. The maximum absolute atomic E-state index is 6.11. The Bertz CT molecular complexity index is 854. The summed E-state index contributed by atoms with van der Waals surface area (Å²) in [4.78, 5) is 10.3. The fraction of sp³-hybridized carbons (Fsp3) is 0.250. The summed E-state index contributed by atoms with van der Waals surface area (Å²) in [5, 5.41) is 1.07. The molecule has 1 heterocycles. The average molecular weight is 374 g/mol. The molecular formula is C20H21Cl2N3. The molecule has 0 aliphatic heterocycles. The van der Waals surface area contributed by atoms with E-state index in [-0.39, 0.29) is 0 Å². The van der Waals surface area contributed by atoms with Crippen LogP contribution >= 0.6 is 23.2 Å². The minimum Gasteiger partial charge on any atom is -0.338 e. The van der Waals surface area contributed by atoms with Crippen molar-refractivity contribution in [3.8, 4) is 22.6 Å². The number of aromatic amines is 1. The van der Waals surface area contributed by atoms with Gasteiger partial charge in [0.05, 0.1) is 21.9 Å². The minimum absolute atomic E-state index is 0.526. The Kier molecular flexibility index (Phi) is 5.79. The van der Waals surface area contributed by atoms with Crippen LogP contribution in [0.5, 0.6) is 0 Å². The molecular weight excluding hydrogens is 353 g/mol. The van der Waals surface area contributed by atoms with Crippen LogP contribution in [0.15, 0.2) is 48.7 Å². The van der Waals surface area contributed by atoms with Gasteiger partial charge in [0.1, 0.15) is 5.82 Å². The zero-order chi connectivity index (χ0) is 17.8. The first kappa shape index (κ1) is 18.0. The number of imidazole rings is 1. The highest BCUT2D eigenvalue weighted by Gasteiger charge is 2.09. The molecule has 2 aromatic carbocycles. The second-order valence-corrected chi connectivity index (χ2v) is 6.75. The SMILES string of the molecule is CCN(CC)Cc1cccc(-c2cnc(-c3ccc(Cl)c(Cl)c3)[nH]2)c1. The van der Waals surface area contributed by atoms with Gasteiger partial charge in [-0.15, -0.1) is 0 Å². The van der Waals surface area contributed by atoms with Crippen molar-refractivity contribution in [2.75, 3.05) is 13.1 Å². The number of aromatic nitrogens is 2. The summed E-state index contributed by atoms with van der Waals surface area (Å²) in [5.74, 6) is 0.780. The molecule has 0 amide bonds. The molecule has 0 saturated carbocycles. The lowest BCUT2D eigenvalue weighted by atomic mass is 10.1. The summed E-state index contributed by atoms with van der Waals surface area (Å²) in [6.07, 6.45) is 1.86. The van der Waals surface area contributed by atoms with Gasteiger partial charge in [-0.25, -0.2) is 4.98 Å². The second kappa shape index (κ2) is 8.05. The minimum atomic E-state index is 0.526. The number of halogens is 2. The van der Waals surface area contributed by atoms with Crippen molar-refractivity contribution in [3.05, 3.63) is 64.3 Å². The van der Waals surface area contributed by atoms with Gasteiger partial charge in [0.2, 0.25) is 0 Å². The van der Waals surface area contributed by atoms with E-state index in [0.717, 1.165) is 42.3 Å². The number of rotatable bonds is 6. The number of hydrogen-bond acceptors (Lipinski definition) is 2. The maximum Gasteiger partial charge on any atom is 0.137 e. The van der Waals surface area contributed by atoms with Gasteiger partial charge in [-0.1, -0.05) is 55.2 Å². The number of H-pyrrole nitrogens is 1. The average Bonchev–Trinajstić information content (AvgIpc) is 3.12. The third-order valence-corrected chi connectivity index (χ3v) is 5.05. The zero-order valence-corrected chi connectivity index (χ0v) is 15.9. The number of nitrogens with zero attached hydrogens (tertiary/aromatic N) is 2.